The smallest absolute Gasteiger partial charge is 0.229 e. The van der Waals surface area contributed by atoms with E-state index in [0.717, 1.165) is 5.52 Å². The maximum Gasteiger partial charge on any atom is 0.229 e. The van der Waals surface area contributed by atoms with Crippen LogP contribution in [0.5, 0.6) is 5.75 Å². The van der Waals surface area contributed by atoms with Crippen molar-refractivity contribution in [2.75, 3.05) is 6.61 Å². The number of aromatic amines is 1. The number of ether oxygens (including phenoxy) is 2. The highest BCUT2D eigenvalue weighted by atomic mass is 79.9. The number of aliphatic hydroxyl groups is 4. The van der Waals surface area contributed by atoms with Gasteiger partial charge in [-0.25, -0.2) is 0 Å². The second kappa shape index (κ2) is 6.56. The second-order valence-electron chi connectivity index (χ2n) is 5.28. The van der Waals surface area contributed by atoms with Gasteiger partial charge in [0, 0.05) is 16.1 Å². The molecule has 5 N–H and O–H groups in total. The fourth-order valence-electron chi connectivity index (χ4n) is 2.48. The van der Waals surface area contributed by atoms with Gasteiger partial charge in [0.1, 0.15) is 30.2 Å². The van der Waals surface area contributed by atoms with Gasteiger partial charge in [-0.1, -0.05) is 11.6 Å². The molecule has 1 saturated heterocycles. The lowest BCUT2D eigenvalue weighted by Gasteiger charge is -2.39. The van der Waals surface area contributed by atoms with Crippen LogP contribution in [0, 0.1) is 0 Å². The molecule has 0 radical (unpaired) electrons. The van der Waals surface area contributed by atoms with Crippen LogP contribution in [0.2, 0.25) is 5.02 Å². The third-order valence-corrected chi connectivity index (χ3v) is 4.97. The largest absolute Gasteiger partial charge is 0.460 e. The lowest BCUT2D eigenvalue weighted by Crippen LogP contribution is -2.60. The maximum absolute atomic E-state index is 10.0. The molecule has 0 aliphatic carbocycles. The summed E-state index contributed by atoms with van der Waals surface area (Å²) >= 11 is 9.35. The van der Waals surface area contributed by atoms with Gasteiger partial charge in [-0.05, 0) is 28.1 Å². The summed E-state index contributed by atoms with van der Waals surface area (Å²) in [5.41, 5.74) is 0.720. The number of aliphatic hydroxyl groups excluding tert-OH is 4. The van der Waals surface area contributed by atoms with Gasteiger partial charge in [0.25, 0.3) is 0 Å². The standard InChI is InChI=1S/C14H15BrClNO6/c15-6-1-5-8(2-7(6)16)17-3-9(5)22-14-13(21)12(20)11(19)10(4-18)23-14/h1-3,10-14,17-21H,4H2/t10-,11-,12-,13-,14+/m0/s1. The molecular formula is C14H15BrClNO6. The number of nitrogens with one attached hydrogen (secondary N) is 1. The van der Waals surface area contributed by atoms with Crippen molar-refractivity contribution in [3.8, 4) is 5.75 Å². The quantitative estimate of drug-likeness (QED) is 0.512. The van der Waals surface area contributed by atoms with Crippen molar-refractivity contribution in [1.82, 2.24) is 4.98 Å². The van der Waals surface area contributed by atoms with E-state index in [0.29, 0.717) is 20.6 Å². The third kappa shape index (κ3) is 3.08. The van der Waals surface area contributed by atoms with Crippen LogP contribution in [-0.2, 0) is 4.74 Å². The van der Waals surface area contributed by atoms with Crippen molar-refractivity contribution in [1.29, 1.82) is 0 Å². The molecule has 1 aromatic carbocycles. The van der Waals surface area contributed by atoms with E-state index >= 15 is 0 Å². The van der Waals surface area contributed by atoms with Gasteiger partial charge in [-0.15, -0.1) is 0 Å². The topological polar surface area (TPSA) is 115 Å². The summed E-state index contributed by atoms with van der Waals surface area (Å²) in [6.45, 7) is -0.514. The molecule has 0 spiro atoms. The number of hydrogen-bond acceptors (Lipinski definition) is 6. The van der Waals surface area contributed by atoms with Crippen LogP contribution in [0.3, 0.4) is 0 Å². The Labute approximate surface area is 144 Å². The molecule has 7 nitrogen and oxygen atoms in total. The van der Waals surface area contributed by atoms with Crippen LogP contribution >= 0.6 is 27.5 Å². The average Bonchev–Trinajstić information content (AvgIpc) is 2.90. The van der Waals surface area contributed by atoms with Crippen LogP contribution in [0.1, 0.15) is 0 Å². The summed E-state index contributed by atoms with van der Waals surface area (Å²) in [7, 11) is 0. The highest BCUT2D eigenvalue weighted by Gasteiger charge is 2.44. The fourth-order valence-corrected chi connectivity index (χ4v) is 2.99. The average molecular weight is 409 g/mol. The summed E-state index contributed by atoms with van der Waals surface area (Å²) in [6.07, 6.45) is -5.07. The minimum Gasteiger partial charge on any atom is -0.460 e. The van der Waals surface area contributed by atoms with E-state index in [1.54, 1.807) is 18.3 Å². The fraction of sp³-hybridized carbons (Fsp3) is 0.429. The normalized spacial score (nSPS) is 31.5. The summed E-state index contributed by atoms with van der Waals surface area (Å²) in [5, 5.41) is 40.0. The Morgan fingerprint density at radius 2 is 1.96 bits per heavy atom. The Morgan fingerprint density at radius 3 is 2.65 bits per heavy atom. The van der Waals surface area contributed by atoms with Gasteiger partial charge in [-0.2, -0.15) is 0 Å². The van der Waals surface area contributed by atoms with Crippen LogP contribution in [0.4, 0.5) is 0 Å². The SMILES string of the molecule is OC[C@@H]1O[C@@H](Oc2c[nH]c3cc(Cl)c(Br)cc23)[C@@H](O)[C@@H](O)[C@H]1O. The van der Waals surface area contributed by atoms with E-state index in [-0.39, 0.29) is 0 Å². The molecule has 0 unspecified atom stereocenters. The number of benzene rings is 1. The highest BCUT2D eigenvalue weighted by Crippen LogP contribution is 2.34. The van der Waals surface area contributed by atoms with Gasteiger partial charge in [0.2, 0.25) is 6.29 Å². The molecule has 1 aliphatic heterocycles. The highest BCUT2D eigenvalue weighted by molar-refractivity contribution is 9.10. The molecule has 23 heavy (non-hydrogen) atoms. The molecule has 0 bridgehead atoms. The number of halogens is 2. The van der Waals surface area contributed by atoms with E-state index < -0.39 is 37.3 Å². The van der Waals surface area contributed by atoms with E-state index in [2.05, 4.69) is 20.9 Å². The monoisotopic (exact) mass is 407 g/mol. The molecule has 126 valence electrons. The van der Waals surface area contributed by atoms with E-state index in [9.17, 15) is 20.4 Å². The minimum absolute atomic E-state index is 0.377. The van der Waals surface area contributed by atoms with Crippen LogP contribution in [0.15, 0.2) is 22.8 Å². The summed E-state index contributed by atoms with van der Waals surface area (Å²) in [4.78, 5) is 2.98. The maximum atomic E-state index is 10.0. The second-order valence-corrected chi connectivity index (χ2v) is 6.54. The first-order valence-corrected chi connectivity index (χ1v) is 8.02. The first-order valence-electron chi connectivity index (χ1n) is 6.85. The molecule has 1 aliphatic rings. The Morgan fingerprint density at radius 1 is 1.22 bits per heavy atom. The van der Waals surface area contributed by atoms with Gasteiger partial charge in [-0.3, -0.25) is 0 Å². The summed E-state index contributed by atoms with van der Waals surface area (Å²) in [6, 6.07) is 3.45. The molecule has 1 fully saturated rings. The zero-order chi connectivity index (χ0) is 16.7. The number of H-pyrrole nitrogens is 1. The predicted octanol–water partition coefficient (Wildman–Crippen LogP) is 0.762. The Bertz CT molecular complexity index is 708. The van der Waals surface area contributed by atoms with Crippen molar-refractivity contribution in [2.45, 2.75) is 30.7 Å². The first-order chi connectivity index (χ1) is 10.9. The van der Waals surface area contributed by atoms with Crippen LogP contribution in [-0.4, -0.2) is 62.7 Å². The summed E-state index contributed by atoms with van der Waals surface area (Å²) in [5.74, 6) is 0.377. The van der Waals surface area contributed by atoms with E-state index in [4.69, 9.17) is 21.1 Å². The summed E-state index contributed by atoms with van der Waals surface area (Å²) < 4.78 is 11.6. The van der Waals surface area contributed by atoms with Crippen molar-refractivity contribution in [3.05, 3.63) is 27.8 Å². The molecule has 5 atom stereocenters. The van der Waals surface area contributed by atoms with Crippen molar-refractivity contribution < 1.29 is 29.9 Å². The number of rotatable bonds is 3. The predicted molar refractivity (Wildman–Crippen MR) is 85.4 cm³/mol. The van der Waals surface area contributed by atoms with Crippen molar-refractivity contribution in [2.24, 2.45) is 0 Å². The minimum atomic E-state index is -1.49. The zero-order valence-corrected chi connectivity index (χ0v) is 14.0. The van der Waals surface area contributed by atoms with Crippen LogP contribution in [0.25, 0.3) is 10.9 Å². The number of hydrogen-bond donors (Lipinski definition) is 5. The molecule has 1 aromatic heterocycles. The zero-order valence-electron chi connectivity index (χ0n) is 11.7. The Hall–Kier alpha value is -0.870. The van der Waals surface area contributed by atoms with Crippen LogP contribution < -0.4 is 4.74 Å². The molecule has 3 rings (SSSR count). The molecule has 9 heteroatoms. The molecule has 2 heterocycles. The Kier molecular flexibility index (Phi) is 4.84. The third-order valence-electron chi connectivity index (χ3n) is 3.78. The molecule has 2 aromatic rings. The Balaban J connectivity index is 1.88. The lowest BCUT2D eigenvalue weighted by molar-refractivity contribution is -0.277. The van der Waals surface area contributed by atoms with Gasteiger partial charge in [0.15, 0.2) is 0 Å². The lowest BCUT2D eigenvalue weighted by atomic mass is 9.99. The van der Waals surface area contributed by atoms with E-state index in [1.165, 1.54) is 0 Å². The number of fused-ring (bicyclic) bond motifs is 1. The molecule has 0 saturated carbocycles. The van der Waals surface area contributed by atoms with Gasteiger partial charge < -0.3 is 34.9 Å². The molecule has 0 amide bonds. The van der Waals surface area contributed by atoms with Crippen molar-refractivity contribution in [3.63, 3.8) is 0 Å². The van der Waals surface area contributed by atoms with Crippen molar-refractivity contribution >= 4 is 38.4 Å². The van der Waals surface area contributed by atoms with E-state index in [1.807, 2.05) is 0 Å². The first kappa shape index (κ1) is 17.0. The van der Waals surface area contributed by atoms with Gasteiger partial charge in [0.05, 0.1) is 17.1 Å². The van der Waals surface area contributed by atoms with Gasteiger partial charge >= 0.3 is 0 Å². The molecular weight excluding hydrogens is 394 g/mol. The number of aromatic nitrogens is 1.